The highest BCUT2D eigenvalue weighted by Gasteiger charge is 2.29. The van der Waals surface area contributed by atoms with Gasteiger partial charge in [-0.2, -0.15) is 0 Å². The van der Waals surface area contributed by atoms with Crippen LogP contribution < -0.4 is 10.5 Å². The third-order valence-corrected chi connectivity index (χ3v) is 5.25. The Morgan fingerprint density at radius 2 is 2.04 bits per heavy atom. The monoisotopic (exact) mass is 373 g/mol. The number of benzene rings is 1. The highest BCUT2D eigenvalue weighted by molar-refractivity contribution is 5.95. The van der Waals surface area contributed by atoms with Crippen molar-refractivity contribution < 1.29 is 19.1 Å². The maximum Gasteiger partial charge on any atom is 0.255 e. The molecule has 0 bridgehead atoms. The number of hydrogen-bond acceptors (Lipinski definition) is 4. The van der Waals surface area contributed by atoms with Gasteiger partial charge in [0, 0.05) is 37.7 Å². The van der Waals surface area contributed by atoms with Gasteiger partial charge in [-0.3, -0.25) is 14.4 Å². The van der Waals surface area contributed by atoms with Gasteiger partial charge in [0.2, 0.25) is 5.91 Å². The van der Waals surface area contributed by atoms with E-state index in [1.807, 2.05) is 9.80 Å². The largest absolute Gasteiger partial charge is 0.484 e. The molecule has 3 rings (SSSR count). The number of primary amides is 1. The normalized spacial score (nSPS) is 20.0. The molecule has 2 fully saturated rings. The van der Waals surface area contributed by atoms with Crippen LogP contribution in [0.1, 0.15) is 48.9 Å². The van der Waals surface area contributed by atoms with Crippen LogP contribution in [0.5, 0.6) is 5.75 Å². The molecule has 1 aromatic rings. The number of likely N-dealkylation sites (tertiary alicyclic amines) is 2. The number of piperidine rings is 1. The van der Waals surface area contributed by atoms with E-state index in [0.29, 0.717) is 17.7 Å². The van der Waals surface area contributed by atoms with Crippen molar-refractivity contribution in [3.63, 3.8) is 0 Å². The molecule has 7 nitrogen and oxygen atoms in total. The van der Waals surface area contributed by atoms with E-state index >= 15 is 0 Å². The molecule has 3 amide bonds. The average molecular weight is 373 g/mol. The van der Waals surface area contributed by atoms with Crippen LogP contribution in [-0.4, -0.2) is 59.8 Å². The lowest BCUT2D eigenvalue weighted by atomic mass is 9.98. The van der Waals surface area contributed by atoms with Gasteiger partial charge in [-0.1, -0.05) is 6.07 Å². The standard InChI is InChI=1S/C20H27N3O4/c21-18(24)14-27-17-7-3-5-15(13-17)20(26)23-11-2-1-6-16(23)9-12-22-10-4-8-19(22)25/h3,5,7,13,16H,1-2,4,6,8-12,14H2,(H2,21,24)/t16-/m0/s1. The van der Waals surface area contributed by atoms with Crippen LogP contribution in [0, 0.1) is 0 Å². The van der Waals surface area contributed by atoms with Gasteiger partial charge in [-0.15, -0.1) is 0 Å². The van der Waals surface area contributed by atoms with Gasteiger partial charge in [-0.05, 0) is 50.3 Å². The zero-order valence-corrected chi connectivity index (χ0v) is 15.6. The Hall–Kier alpha value is -2.57. The molecular formula is C20H27N3O4. The summed E-state index contributed by atoms with van der Waals surface area (Å²) in [6.07, 6.45) is 5.45. The van der Waals surface area contributed by atoms with E-state index in [1.165, 1.54) is 0 Å². The summed E-state index contributed by atoms with van der Waals surface area (Å²) in [4.78, 5) is 39.6. The van der Waals surface area contributed by atoms with Crippen molar-refractivity contribution in [2.45, 2.75) is 44.6 Å². The highest BCUT2D eigenvalue weighted by Crippen LogP contribution is 2.24. The van der Waals surface area contributed by atoms with Crippen molar-refractivity contribution in [3.05, 3.63) is 29.8 Å². The van der Waals surface area contributed by atoms with Crippen LogP contribution in [0.15, 0.2) is 24.3 Å². The van der Waals surface area contributed by atoms with Gasteiger partial charge in [0.05, 0.1) is 0 Å². The van der Waals surface area contributed by atoms with Crippen molar-refractivity contribution in [3.8, 4) is 5.75 Å². The quantitative estimate of drug-likeness (QED) is 0.785. The summed E-state index contributed by atoms with van der Waals surface area (Å²) < 4.78 is 5.31. The summed E-state index contributed by atoms with van der Waals surface area (Å²) in [5.41, 5.74) is 5.64. The Morgan fingerprint density at radius 1 is 1.19 bits per heavy atom. The predicted octanol–water partition coefficient (Wildman–Crippen LogP) is 1.56. The molecule has 2 saturated heterocycles. The van der Waals surface area contributed by atoms with Gasteiger partial charge < -0.3 is 20.3 Å². The SMILES string of the molecule is NC(=O)COc1cccc(C(=O)N2CCCC[C@H]2CCN2CCCC2=O)c1. The van der Waals surface area contributed by atoms with Gasteiger partial charge in [0.15, 0.2) is 6.61 Å². The molecule has 2 aliphatic rings. The minimum atomic E-state index is -0.556. The highest BCUT2D eigenvalue weighted by atomic mass is 16.5. The van der Waals surface area contributed by atoms with E-state index < -0.39 is 5.91 Å². The maximum absolute atomic E-state index is 13.1. The van der Waals surface area contributed by atoms with Crippen molar-refractivity contribution in [2.75, 3.05) is 26.2 Å². The fourth-order valence-corrected chi connectivity index (χ4v) is 3.85. The summed E-state index contributed by atoms with van der Waals surface area (Å²) in [7, 11) is 0. The number of nitrogens with zero attached hydrogens (tertiary/aromatic N) is 2. The van der Waals surface area contributed by atoms with E-state index in [1.54, 1.807) is 24.3 Å². The lowest BCUT2D eigenvalue weighted by molar-refractivity contribution is -0.127. The average Bonchev–Trinajstić information content (AvgIpc) is 3.09. The third-order valence-electron chi connectivity index (χ3n) is 5.25. The second kappa shape index (κ2) is 8.88. The molecule has 0 aliphatic carbocycles. The van der Waals surface area contributed by atoms with Crippen molar-refractivity contribution >= 4 is 17.7 Å². The number of carbonyl (C=O) groups excluding carboxylic acids is 3. The van der Waals surface area contributed by atoms with E-state index in [9.17, 15) is 14.4 Å². The molecule has 27 heavy (non-hydrogen) atoms. The summed E-state index contributed by atoms with van der Waals surface area (Å²) >= 11 is 0. The zero-order chi connectivity index (χ0) is 19.2. The maximum atomic E-state index is 13.1. The Balaban J connectivity index is 1.64. The molecule has 1 atom stereocenters. The van der Waals surface area contributed by atoms with E-state index in [4.69, 9.17) is 10.5 Å². The van der Waals surface area contributed by atoms with Crippen LogP contribution in [0.2, 0.25) is 0 Å². The van der Waals surface area contributed by atoms with Crippen LogP contribution in [-0.2, 0) is 9.59 Å². The molecule has 0 saturated carbocycles. The smallest absolute Gasteiger partial charge is 0.255 e. The summed E-state index contributed by atoms with van der Waals surface area (Å²) in [6.45, 7) is 2.06. The van der Waals surface area contributed by atoms with Crippen LogP contribution >= 0.6 is 0 Å². The topological polar surface area (TPSA) is 92.9 Å². The van der Waals surface area contributed by atoms with Gasteiger partial charge >= 0.3 is 0 Å². The second-order valence-corrected chi connectivity index (χ2v) is 7.20. The van der Waals surface area contributed by atoms with Crippen molar-refractivity contribution in [2.24, 2.45) is 5.73 Å². The number of amides is 3. The minimum absolute atomic E-state index is 0.0306. The first-order valence-electron chi connectivity index (χ1n) is 9.64. The number of rotatable bonds is 7. The Labute approximate surface area is 159 Å². The molecule has 0 aromatic heterocycles. The Kier molecular flexibility index (Phi) is 6.32. The number of nitrogens with two attached hydrogens (primary N) is 1. The number of ether oxygens (including phenoxy) is 1. The second-order valence-electron chi connectivity index (χ2n) is 7.20. The first-order chi connectivity index (χ1) is 13.0. The van der Waals surface area contributed by atoms with Gasteiger partial charge in [0.1, 0.15) is 5.75 Å². The Bertz CT molecular complexity index is 706. The van der Waals surface area contributed by atoms with Crippen LogP contribution in [0.4, 0.5) is 0 Å². The molecular weight excluding hydrogens is 346 g/mol. The molecule has 2 aliphatic heterocycles. The molecule has 0 spiro atoms. The third kappa shape index (κ3) is 4.99. The lowest BCUT2D eigenvalue weighted by Gasteiger charge is -2.36. The van der Waals surface area contributed by atoms with E-state index in [2.05, 4.69) is 0 Å². The molecule has 7 heteroatoms. The fraction of sp³-hybridized carbons (Fsp3) is 0.550. The molecule has 1 aromatic carbocycles. The first-order valence-corrected chi connectivity index (χ1v) is 9.64. The lowest BCUT2D eigenvalue weighted by Crippen LogP contribution is -2.45. The van der Waals surface area contributed by atoms with E-state index in [0.717, 1.165) is 51.7 Å². The first kappa shape index (κ1) is 19.2. The van der Waals surface area contributed by atoms with Gasteiger partial charge in [0.25, 0.3) is 11.8 Å². The predicted molar refractivity (Wildman–Crippen MR) is 100 cm³/mol. The Morgan fingerprint density at radius 3 is 2.78 bits per heavy atom. The molecule has 2 N–H and O–H groups in total. The molecule has 146 valence electrons. The zero-order valence-electron chi connectivity index (χ0n) is 15.6. The summed E-state index contributed by atoms with van der Waals surface area (Å²) in [6, 6.07) is 7.00. The fourth-order valence-electron chi connectivity index (χ4n) is 3.85. The van der Waals surface area contributed by atoms with E-state index in [-0.39, 0.29) is 24.5 Å². The number of hydrogen-bond donors (Lipinski definition) is 1. The summed E-state index contributed by atoms with van der Waals surface area (Å²) in [5.74, 6) is 0.0927. The van der Waals surface area contributed by atoms with Gasteiger partial charge in [-0.25, -0.2) is 0 Å². The van der Waals surface area contributed by atoms with Crippen molar-refractivity contribution in [1.29, 1.82) is 0 Å². The van der Waals surface area contributed by atoms with Crippen LogP contribution in [0.25, 0.3) is 0 Å². The summed E-state index contributed by atoms with van der Waals surface area (Å²) in [5, 5.41) is 0. The number of carbonyl (C=O) groups is 3. The van der Waals surface area contributed by atoms with Crippen molar-refractivity contribution in [1.82, 2.24) is 9.80 Å². The minimum Gasteiger partial charge on any atom is -0.484 e. The molecule has 2 heterocycles. The molecule has 0 radical (unpaired) electrons. The van der Waals surface area contributed by atoms with Crippen LogP contribution in [0.3, 0.4) is 0 Å². The molecule has 0 unspecified atom stereocenters.